The van der Waals surface area contributed by atoms with Crippen molar-refractivity contribution in [2.24, 2.45) is 0 Å². The van der Waals surface area contributed by atoms with Gasteiger partial charge in [0, 0.05) is 19.5 Å². The molecule has 0 aromatic rings. The minimum atomic E-state index is -0.0365. The number of nitrogens with one attached hydrogen (secondary N) is 1. The summed E-state index contributed by atoms with van der Waals surface area (Å²) in [6, 6.07) is 0. The average molecular weight is 226 g/mol. The Bertz CT molecular complexity index is 241. The van der Waals surface area contributed by atoms with Crippen molar-refractivity contribution in [3.05, 3.63) is 0 Å². The zero-order valence-corrected chi connectivity index (χ0v) is 10.1. The second-order valence-corrected chi connectivity index (χ2v) is 4.33. The Morgan fingerprint density at radius 1 is 1.31 bits per heavy atom. The molecule has 0 atom stereocenters. The van der Waals surface area contributed by atoms with Gasteiger partial charge in [0.15, 0.2) is 0 Å². The summed E-state index contributed by atoms with van der Waals surface area (Å²) in [4.78, 5) is 24.5. The Kier molecular flexibility index (Phi) is 5.90. The van der Waals surface area contributed by atoms with Gasteiger partial charge in [-0.15, -0.1) is 0 Å². The van der Waals surface area contributed by atoms with Gasteiger partial charge in [-0.3, -0.25) is 9.59 Å². The van der Waals surface area contributed by atoms with E-state index in [4.69, 9.17) is 0 Å². The van der Waals surface area contributed by atoms with Crippen molar-refractivity contribution in [3.8, 4) is 0 Å². The Balaban J connectivity index is 2.11. The van der Waals surface area contributed by atoms with E-state index in [0.717, 1.165) is 12.8 Å². The lowest BCUT2D eigenvalue weighted by Gasteiger charge is -2.26. The Labute approximate surface area is 97.4 Å². The van der Waals surface area contributed by atoms with E-state index in [1.54, 1.807) is 4.90 Å². The summed E-state index contributed by atoms with van der Waals surface area (Å²) in [5, 5.41) is 2.72. The van der Waals surface area contributed by atoms with E-state index in [1.807, 2.05) is 0 Å². The molecule has 4 nitrogen and oxygen atoms in total. The van der Waals surface area contributed by atoms with Crippen LogP contribution < -0.4 is 5.32 Å². The molecule has 0 spiro atoms. The number of hydrogen-bond acceptors (Lipinski definition) is 2. The summed E-state index contributed by atoms with van der Waals surface area (Å²) in [5.74, 6) is 0.0944. The minimum absolute atomic E-state index is 0.0365. The molecule has 1 fully saturated rings. The van der Waals surface area contributed by atoms with Crippen LogP contribution >= 0.6 is 0 Å². The number of carbonyl (C=O) groups excluding carboxylic acids is 2. The van der Waals surface area contributed by atoms with Crippen LogP contribution in [0.2, 0.25) is 0 Å². The van der Waals surface area contributed by atoms with E-state index < -0.39 is 0 Å². The van der Waals surface area contributed by atoms with Crippen LogP contribution in [-0.2, 0) is 9.59 Å². The van der Waals surface area contributed by atoms with Crippen molar-refractivity contribution >= 4 is 11.8 Å². The monoisotopic (exact) mass is 226 g/mol. The van der Waals surface area contributed by atoms with Crippen molar-refractivity contribution in [1.29, 1.82) is 0 Å². The molecule has 0 aromatic heterocycles. The predicted octanol–water partition coefficient (Wildman–Crippen LogP) is 1.31. The van der Waals surface area contributed by atoms with E-state index in [2.05, 4.69) is 12.2 Å². The molecule has 0 radical (unpaired) electrons. The number of carbonyl (C=O) groups is 2. The van der Waals surface area contributed by atoms with E-state index in [0.29, 0.717) is 19.5 Å². The number of piperazine rings is 1. The molecule has 0 bridgehead atoms. The van der Waals surface area contributed by atoms with E-state index >= 15 is 0 Å². The zero-order valence-electron chi connectivity index (χ0n) is 10.1. The molecule has 1 aliphatic rings. The first-order chi connectivity index (χ1) is 7.74. The fourth-order valence-electron chi connectivity index (χ4n) is 1.89. The van der Waals surface area contributed by atoms with Gasteiger partial charge < -0.3 is 10.2 Å². The number of amides is 2. The molecule has 1 saturated heterocycles. The first-order valence-electron chi connectivity index (χ1n) is 6.28. The maximum atomic E-state index is 11.7. The maximum Gasteiger partial charge on any atom is 0.239 e. The normalized spacial score (nSPS) is 16.1. The highest BCUT2D eigenvalue weighted by Crippen LogP contribution is 2.07. The molecule has 0 aliphatic carbocycles. The molecule has 1 aliphatic heterocycles. The fourth-order valence-corrected chi connectivity index (χ4v) is 1.89. The van der Waals surface area contributed by atoms with Crippen molar-refractivity contribution in [1.82, 2.24) is 10.2 Å². The standard InChI is InChI=1S/C12H22N2O2/c1-2-3-4-5-6-7-12(16)14-9-8-13-11(15)10-14/h2-10H2,1H3,(H,13,15). The average Bonchev–Trinajstić information content (AvgIpc) is 2.28. The zero-order chi connectivity index (χ0) is 11.8. The maximum absolute atomic E-state index is 11.7. The number of nitrogens with zero attached hydrogens (tertiary/aromatic N) is 1. The molecule has 1 rings (SSSR count). The lowest BCUT2D eigenvalue weighted by molar-refractivity contribution is -0.138. The van der Waals surface area contributed by atoms with Gasteiger partial charge in [-0.25, -0.2) is 0 Å². The quantitative estimate of drug-likeness (QED) is 0.694. The lowest BCUT2D eigenvalue weighted by Crippen LogP contribution is -2.49. The summed E-state index contributed by atoms with van der Waals surface area (Å²) in [7, 11) is 0. The third kappa shape index (κ3) is 4.64. The first-order valence-corrected chi connectivity index (χ1v) is 6.28. The van der Waals surface area contributed by atoms with Crippen molar-refractivity contribution in [3.63, 3.8) is 0 Å². The van der Waals surface area contributed by atoms with Crippen molar-refractivity contribution in [2.75, 3.05) is 19.6 Å². The van der Waals surface area contributed by atoms with Crippen LogP contribution in [0.1, 0.15) is 45.4 Å². The van der Waals surface area contributed by atoms with Crippen molar-refractivity contribution in [2.45, 2.75) is 45.4 Å². The fraction of sp³-hybridized carbons (Fsp3) is 0.833. The van der Waals surface area contributed by atoms with Gasteiger partial charge in [0.2, 0.25) is 11.8 Å². The first kappa shape index (κ1) is 13.0. The van der Waals surface area contributed by atoms with Gasteiger partial charge >= 0.3 is 0 Å². The molecule has 92 valence electrons. The second kappa shape index (κ2) is 7.25. The van der Waals surface area contributed by atoms with Gasteiger partial charge in [-0.05, 0) is 6.42 Å². The summed E-state index contributed by atoms with van der Waals surface area (Å²) in [5.41, 5.74) is 0. The topological polar surface area (TPSA) is 49.4 Å². The van der Waals surface area contributed by atoms with Gasteiger partial charge in [0.1, 0.15) is 0 Å². The lowest BCUT2D eigenvalue weighted by atomic mass is 10.1. The molecule has 16 heavy (non-hydrogen) atoms. The summed E-state index contributed by atoms with van der Waals surface area (Å²) < 4.78 is 0. The SMILES string of the molecule is CCCCCCCC(=O)N1CCNC(=O)C1. The summed E-state index contributed by atoms with van der Waals surface area (Å²) in [6.45, 7) is 3.69. The molecule has 2 amide bonds. The third-order valence-electron chi connectivity index (χ3n) is 2.89. The van der Waals surface area contributed by atoms with Gasteiger partial charge in [-0.1, -0.05) is 32.6 Å². The molecule has 1 heterocycles. The number of hydrogen-bond donors (Lipinski definition) is 1. The highest BCUT2D eigenvalue weighted by molar-refractivity contribution is 5.85. The summed E-state index contributed by atoms with van der Waals surface area (Å²) >= 11 is 0. The van der Waals surface area contributed by atoms with Gasteiger partial charge in [0.05, 0.1) is 6.54 Å². The molecule has 0 saturated carbocycles. The molecule has 0 unspecified atom stereocenters. The third-order valence-corrected chi connectivity index (χ3v) is 2.89. The van der Waals surface area contributed by atoms with Crippen LogP contribution in [0.25, 0.3) is 0 Å². The molecule has 0 aromatic carbocycles. The molecular weight excluding hydrogens is 204 g/mol. The van der Waals surface area contributed by atoms with Crippen LogP contribution in [0.4, 0.5) is 0 Å². The van der Waals surface area contributed by atoms with Crippen LogP contribution in [-0.4, -0.2) is 36.3 Å². The smallest absolute Gasteiger partial charge is 0.239 e. The highest BCUT2D eigenvalue weighted by Gasteiger charge is 2.20. The molecule has 1 N–H and O–H groups in total. The Morgan fingerprint density at radius 3 is 2.75 bits per heavy atom. The van der Waals surface area contributed by atoms with Crippen molar-refractivity contribution < 1.29 is 9.59 Å². The van der Waals surface area contributed by atoms with E-state index in [-0.39, 0.29) is 18.4 Å². The summed E-state index contributed by atoms with van der Waals surface area (Å²) in [6.07, 6.45) is 6.36. The Morgan fingerprint density at radius 2 is 2.06 bits per heavy atom. The molecule has 4 heteroatoms. The van der Waals surface area contributed by atoms with Crippen LogP contribution in [0.3, 0.4) is 0 Å². The highest BCUT2D eigenvalue weighted by atomic mass is 16.2. The van der Waals surface area contributed by atoms with E-state index in [9.17, 15) is 9.59 Å². The molecular formula is C12H22N2O2. The van der Waals surface area contributed by atoms with Gasteiger partial charge in [0.25, 0.3) is 0 Å². The predicted molar refractivity (Wildman–Crippen MR) is 63.0 cm³/mol. The van der Waals surface area contributed by atoms with Crippen LogP contribution in [0.5, 0.6) is 0 Å². The van der Waals surface area contributed by atoms with Crippen LogP contribution in [0.15, 0.2) is 0 Å². The number of unbranched alkanes of at least 4 members (excludes halogenated alkanes) is 4. The second-order valence-electron chi connectivity index (χ2n) is 4.33. The minimum Gasteiger partial charge on any atom is -0.353 e. The van der Waals surface area contributed by atoms with E-state index in [1.165, 1.54) is 19.3 Å². The largest absolute Gasteiger partial charge is 0.353 e. The Hall–Kier alpha value is -1.06. The van der Waals surface area contributed by atoms with Gasteiger partial charge in [-0.2, -0.15) is 0 Å². The number of rotatable bonds is 6. The van der Waals surface area contributed by atoms with Crippen LogP contribution in [0, 0.1) is 0 Å².